The number of likely N-dealkylation sites (tertiary alicyclic amines) is 1. The van der Waals surface area contributed by atoms with Crippen molar-refractivity contribution in [3.63, 3.8) is 0 Å². The highest BCUT2D eigenvalue weighted by molar-refractivity contribution is 8.01. The Kier molecular flexibility index (Phi) is 38.5. The minimum atomic E-state index is -2.86. The lowest BCUT2D eigenvalue weighted by Gasteiger charge is -2.21. The second kappa shape index (κ2) is 48.5. The third kappa shape index (κ3) is 37.9. The molecular formula is C111H134F2N14O10S6. The van der Waals surface area contributed by atoms with E-state index in [-0.39, 0.29) is 92.9 Å². The lowest BCUT2D eigenvalue weighted by Crippen LogP contribution is -2.37. The number of aromatic nitrogens is 8. The number of hydrogen-bond donors (Lipinski definition) is 5. The number of ketones is 1. The van der Waals surface area contributed by atoms with E-state index in [1.165, 1.54) is 34.8 Å². The molecule has 2 atom stereocenters. The van der Waals surface area contributed by atoms with Gasteiger partial charge < -0.3 is 45.6 Å². The van der Waals surface area contributed by atoms with Crippen LogP contribution in [0.25, 0.3) is 54.5 Å². The van der Waals surface area contributed by atoms with Gasteiger partial charge in [-0.3, -0.25) is 44.3 Å². The molecule has 6 N–H and O–H groups in total. The number of carbonyl (C=O) groups is 6. The molecule has 4 aliphatic rings. The lowest BCUT2D eigenvalue weighted by atomic mass is 10.0. The summed E-state index contributed by atoms with van der Waals surface area (Å²) >= 11 is 10.6. The van der Waals surface area contributed by atoms with Crippen LogP contribution in [-0.2, 0) is 20.7 Å². The number of carboxylic acids is 1. The number of aromatic carboxylic acids is 1. The maximum Gasteiger partial charge on any atom is 0.339 e. The van der Waals surface area contributed by atoms with Gasteiger partial charge >= 0.3 is 17.9 Å². The lowest BCUT2D eigenvalue weighted by molar-refractivity contribution is -0.139. The molecule has 4 aliphatic heterocycles. The van der Waals surface area contributed by atoms with Crippen LogP contribution in [0.15, 0.2) is 241 Å². The second-order valence-electron chi connectivity index (χ2n) is 42.5. The summed E-state index contributed by atoms with van der Waals surface area (Å²) in [4.78, 5) is 120. The molecule has 24 nitrogen and oxygen atoms in total. The first kappa shape index (κ1) is 114. The smallest absolute Gasteiger partial charge is 0.339 e. The van der Waals surface area contributed by atoms with Crippen molar-refractivity contribution in [1.29, 1.82) is 0 Å². The first-order chi connectivity index (χ1) is 66.6. The van der Waals surface area contributed by atoms with E-state index < -0.39 is 17.9 Å². The summed E-state index contributed by atoms with van der Waals surface area (Å²) in [6.45, 7) is 53.9. The van der Waals surface area contributed by atoms with Gasteiger partial charge in [-0.25, -0.2) is 38.1 Å². The highest BCUT2D eigenvalue weighted by Crippen LogP contribution is 2.42. The maximum atomic E-state index is 13.2. The zero-order chi connectivity index (χ0) is 105. The molecule has 11 heterocycles. The van der Waals surface area contributed by atoms with E-state index in [1.54, 1.807) is 120 Å². The van der Waals surface area contributed by atoms with Gasteiger partial charge in [-0.2, -0.15) is 0 Å². The number of cyclic esters (lactones) is 1. The van der Waals surface area contributed by atoms with E-state index in [2.05, 4.69) is 230 Å². The maximum absolute atomic E-state index is 13.2. The molecule has 7 aromatic heterocycles. The number of nitrogens with one attached hydrogen (secondary N) is 3. The third-order valence-corrected chi connectivity index (χ3v) is 26.5. The Morgan fingerprint density at radius 3 is 1.42 bits per heavy atom. The molecule has 0 aliphatic carbocycles. The van der Waals surface area contributed by atoms with E-state index in [0.29, 0.717) is 54.1 Å². The average molecular weight is 2050 g/mol. The Hall–Kier alpha value is -11.4. The number of nitrogens with two attached hydrogens (primary N) is 1. The number of benzene rings is 6. The van der Waals surface area contributed by atoms with E-state index in [1.807, 2.05) is 147 Å². The van der Waals surface area contributed by atoms with Gasteiger partial charge in [0.25, 0.3) is 17.7 Å². The van der Waals surface area contributed by atoms with Crippen molar-refractivity contribution in [2.45, 2.75) is 286 Å². The van der Waals surface area contributed by atoms with Gasteiger partial charge in [0.15, 0.2) is 5.78 Å². The van der Waals surface area contributed by atoms with E-state index in [9.17, 15) is 37.5 Å². The van der Waals surface area contributed by atoms with Gasteiger partial charge in [-0.05, 0) is 169 Å². The SMILES string of the molecule is CC(C)(C)Nc1cncnc1.CC(C)(C)Oc1ccc2[nH]ccc2c1.CC(C)(C)Sc1ccc2c(c1)C(=O)CC=N2.CC(C)(C)Sc1ccc2cc(C(=O)N3CC[C@@H](N)C3)cnc2c1.CC(C)(C)Sc1ccc2cc(C(=O)N[C@H]3CCOC3=O)cnc2c1.CC(C)(C)Sc1ccc2cc(C(=O)O)cnc2c1.CC(C)(C)Sc1cnc2c(c1)N=C(C(C)(F)F)C2.COC(=O)c1cnc2cc(SC(C)(C)C)ccc2c1. The number of rotatable bonds is 14. The molecule has 0 bridgehead atoms. The van der Waals surface area contributed by atoms with Crippen molar-refractivity contribution < 1.29 is 56.9 Å². The van der Waals surface area contributed by atoms with Gasteiger partial charge in [0.2, 0.25) is 0 Å². The van der Waals surface area contributed by atoms with Crippen molar-refractivity contribution >= 4 is 190 Å². The normalized spacial score (nSPS) is 14.7. The highest BCUT2D eigenvalue weighted by Gasteiger charge is 2.35. The number of Topliss-reactive ketones (excluding diaryl/α,β-unsaturated/α-hetero) is 1. The summed E-state index contributed by atoms with van der Waals surface area (Å²) in [5.41, 5.74) is 15.9. The summed E-state index contributed by atoms with van der Waals surface area (Å²) in [5, 5.41) is 19.7. The molecule has 32 heteroatoms. The summed E-state index contributed by atoms with van der Waals surface area (Å²) < 4.78 is 42.5. The molecule has 2 saturated heterocycles. The number of fused-ring (bicyclic) bond motifs is 7. The Bertz CT molecular complexity index is 6740. The fourth-order valence-electron chi connectivity index (χ4n) is 14.2. The van der Waals surface area contributed by atoms with E-state index in [0.717, 1.165) is 111 Å². The number of aliphatic imine (C=N–C) groups is 2. The van der Waals surface area contributed by atoms with Gasteiger partial charge in [0, 0.05) is 190 Å². The zero-order valence-electron chi connectivity index (χ0n) is 86.6. The molecule has 0 saturated carbocycles. The molecule has 0 spiro atoms. The van der Waals surface area contributed by atoms with Crippen LogP contribution in [0, 0.1) is 0 Å². The standard InChI is InChI=1S/C18H23N3OS.C18H20N2O3S.C15H17NO2S.C14H15NO2S.C13H16F2N2S.C13H15NOS.C12H15NO.C8H13N3/c1-18(2,3)23-15-5-4-12-8-13(10-20-16(12)9-15)17(22)21-7-6-14(19)11-21;1-18(2,3)24-13-5-4-11-8-12(10-19-15(11)9-13)16(21)20-14-6-7-23-17(14)22;1-15(2,3)19-12-6-5-10-7-11(14(17)18-4)9-16-13(10)8-12;1-14(2,3)18-11-5-4-9-6-10(13(16)17)8-15-12(9)7-11;1-12(2,3)18-8-5-10-9(16-7-8)6-11(17-10)13(4,14)15;1-13(2,3)16-9-4-5-11-10(8-9)12(15)6-7-14-11;1-12(2,3)14-10-4-5-11-9(8-10)6-7-13-11;1-8(2,3)11-7-4-9-6-10-5-7/h4-5,8-10,14H,6-7,11,19H2,1-3H3;4-5,8-10,14H,6-7H2,1-3H3,(H,20,21);5-9H,1-4H3;4-8H,1-3H3,(H,16,17);5,7H,6H2,1-4H3;4-5,7-8H,6H2,1-3H3;4-8,13H,1-3H3;4-6,11H,1-3H3/t2*14-;;;;;;/m10....../s1. The van der Waals surface area contributed by atoms with Crippen LogP contribution in [0.4, 0.5) is 25.8 Å². The number of ether oxygens (including phenoxy) is 3. The van der Waals surface area contributed by atoms with Gasteiger partial charge in [0.05, 0.1) is 98.9 Å². The molecule has 758 valence electrons. The predicted octanol–water partition coefficient (Wildman–Crippen LogP) is 27.4. The number of amides is 2. The van der Waals surface area contributed by atoms with E-state index in [4.69, 9.17) is 25.1 Å². The Morgan fingerprint density at radius 2 is 0.965 bits per heavy atom. The fourth-order valence-corrected chi connectivity index (χ4v) is 20.3. The summed E-state index contributed by atoms with van der Waals surface area (Å²) in [5.74, 6) is -3.73. The summed E-state index contributed by atoms with van der Waals surface area (Å²) in [7, 11) is 1.37. The minimum absolute atomic E-state index is 0.0282. The van der Waals surface area contributed by atoms with Crippen molar-refractivity contribution in [3.05, 3.63) is 235 Å². The van der Waals surface area contributed by atoms with Crippen LogP contribution in [0.3, 0.4) is 0 Å². The molecule has 143 heavy (non-hydrogen) atoms. The number of H-pyrrole nitrogens is 1. The molecule has 2 fully saturated rings. The first-order valence-corrected chi connectivity index (χ1v) is 52.0. The van der Waals surface area contributed by atoms with Crippen molar-refractivity contribution in [2.75, 3.05) is 32.1 Å². The average Bonchev–Trinajstić information content (AvgIpc) is 1.59. The number of nitrogens with zero attached hydrogens (tertiary/aromatic N) is 10. The number of carboxylic acid groups (broad SMARTS) is 1. The fraction of sp³-hybridized carbons (Fsp3) is 0.396. The summed E-state index contributed by atoms with van der Waals surface area (Å²) in [6.07, 6.45) is 18.5. The topological polar surface area (TPSA) is 334 Å². The number of anilines is 1. The highest BCUT2D eigenvalue weighted by atomic mass is 32.2. The number of esters is 2. The second-order valence-corrected chi connectivity index (χ2v) is 53.9. The van der Waals surface area contributed by atoms with Crippen molar-refractivity contribution in [2.24, 2.45) is 15.7 Å². The van der Waals surface area contributed by atoms with E-state index >= 15 is 0 Å². The van der Waals surface area contributed by atoms with Crippen LogP contribution in [0.5, 0.6) is 5.75 Å². The first-order valence-electron chi connectivity index (χ1n) is 47.1. The van der Waals surface area contributed by atoms with Crippen LogP contribution < -0.4 is 21.1 Å². The number of methoxy groups -OCH3 is 1. The molecule has 0 unspecified atom stereocenters. The molecule has 13 aromatic rings. The Morgan fingerprint density at radius 1 is 0.503 bits per heavy atom. The van der Waals surface area contributed by atoms with Crippen LogP contribution in [0.1, 0.15) is 250 Å². The molecule has 6 aromatic carbocycles. The number of thioether (sulfide) groups is 6. The number of aromatic amines is 1. The van der Waals surface area contributed by atoms with Crippen LogP contribution in [-0.4, -0.2) is 182 Å². The Balaban J connectivity index is 0.000000169. The van der Waals surface area contributed by atoms with Gasteiger partial charge in [0.1, 0.15) is 23.7 Å². The number of alkyl halides is 2. The minimum Gasteiger partial charge on any atom is -0.488 e. The van der Waals surface area contributed by atoms with Crippen molar-refractivity contribution in [1.82, 2.24) is 50.1 Å². The van der Waals surface area contributed by atoms with Crippen LogP contribution >= 0.6 is 70.6 Å². The number of carbonyl (C=O) groups excluding carboxylic acids is 5. The zero-order valence-corrected chi connectivity index (χ0v) is 91.5. The molecule has 17 rings (SSSR count). The van der Waals surface area contributed by atoms with Crippen LogP contribution in [0.2, 0.25) is 0 Å². The molecule has 0 radical (unpaired) electrons. The largest absolute Gasteiger partial charge is 0.488 e. The predicted molar refractivity (Wildman–Crippen MR) is 588 cm³/mol. The summed E-state index contributed by atoms with van der Waals surface area (Å²) in [6, 6.07) is 46.9. The monoisotopic (exact) mass is 2050 g/mol. The van der Waals surface area contributed by atoms with Gasteiger partial charge in [-0.15, -0.1) is 70.6 Å². The quantitative estimate of drug-likeness (QED) is 0.0499. The molecule has 2 amide bonds. The molecular weight excluding hydrogens is 1920 g/mol. The van der Waals surface area contributed by atoms with Gasteiger partial charge in [-0.1, -0.05) is 149 Å². The van der Waals surface area contributed by atoms with Crippen molar-refractivity contribution in [3.8, 4) is 5.75 Å². The Labute approximate surface area is 864 Å². The number of halogens is 2. The number of hydrogen-bond acceptors (Lipinski definition) is 26. The number of pyridine rings is 5. The third-order valence-electron chi connectivity index (χ3n) is 19.9.